The molecule has 12 rings (SSSR count). The van der Waals surface area contributed by atoms with E-state index in [-0.39, 0.29) is 13.2 Å². The van der Waals surface area contributed by atoms with Crippen LogP contribution in [0.4, 0.5) is 38.9 Å². The topological polar surface area (TPSA) is 60.5 Å². The second-order valence-electron chi connectivity index (χ2n) is 23.3. The highest BCUT2D eigenvalue weighted by atomic mass is 16.7. The molecule has 12 aromatic carbocycles. The Morgan fingerprint density at radius 2 is 0.549 bits per heavy atom. The lowest BCUT2D eigenvalue weighted by Crippen LogP contribution is -2.29. The number of hydrogen-bond donors (Lipinski definition) is 0. The van der Waals surface area contributed by atoms with Crippen LogP contribution in [0.5, 0.6) is 5.75 Å². The van der Waals surface area contributed by atoms with Gasteiger partial charge < -0.3 is 28.7 Å². The van der Waals surface area contributed by atoms with Gasteiger partial charge in [-0.25, -0.2) is 4.79 Å². The molecule has 0 saturated heterocycles. The summed E-state index contributed by atoms with van der Waals surface area (Å²) >= 11 is 0. The maximum Gasteiger partial charge on any atom is 0.508 e. The van der Waals surface area contributed by atoms with Gasteiger partial charge in [-0.05, 0) is 190 Å². The zero-order valence-corrected chi connectivity index (χ0v) is 51.8. The van der Waals surface area contributed by atoms with Crippen LogP contribution in [0.3, 0.4) is 0 Å². The minimum atomic E-state index is -0.668. The molecule has 0 spiro atoms. The van der Waals surface area contributed by atoms with E-state index in [1.807, 2.05) is 32.0 Å². The van der Waals surface area contributed by atoms with Crippen molar-refractivity contribution in [2.45, 2.75) is 45.6 Å². The Morgan fingerprint density at radius 1 is 0.308 bits per heavy atom. The molecule has 0 aromatic heterocycles. The smallest absolute Gasteiger partial charge is 0.491 e. The van der Waals surface area contributed by atoms with Gasteiger partial charge in [-0.1, -0.05) is 238 Å². The minimum absolute atomic E-state index is 0.120. The highest BCUT2D eigenvalue weighted by Gasteiger charge is 2.23. The molecule has 7 heteroatoms. The Bertz CT molecular complexity index is 4140. The Morgan fingerprint density at radius 3 is 0.824 bits per heavy atom. The van der Waals surface area contributed by atoms with E-state index in [1.165, 1.54) is 27.8 Å². The van der Waals surface area contributed by atoms with Crippen molar-refractivity contribution in [3.05, 3.63) is 309 Å². The van der Waals surface area contributed by atoms with Crippen molar-refractivity contribution in [1.82, 2.24) is 0 Å². The third-order valence-electron chi connectivity index (χ3n) is 16.5. The van der Waals surface area contributed by atoms with Gasteiger partial charge >= 0.3 is 6.16 Å². The van der Waals surface area contributed by atoms with Crippen molar-refractivity contribution >= 4 is 40.3 Å². The van der Waals surface area contributed by atoms with Crippen LogP contribution >= 0.6 is 0 Å². The fourth-order valence-electron chi connectivity index (χ4n) is 11.5. The normalized spacial score (nSPS) is 11.2. The molecular formula is C84H74N2O5. The summed E-state index contributed by atoms with van der Waals surface area (Å²) in [6.45, 7) is 7.03. The summed E-state index contributed by atoms with van der Waals surface area (Å²) in [7, 11) is 0. The molecule has 0 atom stereocenters. The molecule has 0 saturated carbocycles. The molecular weight excluding hydrogens is 1120 g/mol. The third kappa shape index (κ3) is 15.4. The summed E-state index contributed by atoms with van der Waals surface area (Å²) in [5, 5.41) is 0. The van der Waals surface area contributed by atoms with Gasteiger partial charge in [0.2, 0.25) is 0 Å². The predicted molar refractivity (Wildman–Crippen MR) is 376 cm³/mol. The van der Waals surface area contributed by atoms with Crippen molar-refractivity contribution < 1.29 is 23.7 Å². The van der Waals surface area contributed by atoms with E-state index >= 15 is 0 Å². The van der Waals surface area contributed by atoms with Crippen LogP contribution in [0.1, 0.15) is 40.0 Å². The molecule has 0 aliphatic heterocycles. The Balaban J connectivity index is 0.699. The molecule has 12 aromatic rings. The van der Waals surface area contributed by atoms with Crippen LogP contribution in [0.15, 0.2) is 309 Å². The molecule has 0 amide bonds. The summed E-state index contributed by atoms with van der Waals surface area (Å²) < 4.78 is 22.3. The lowest BCUT2D eigenvalue weighted by atomic mass is 9.97. The average molecular weight is 1190 g/mol. The number of ether oxygens (including phenoxy) is 4. The van der Waals surface area contributed by atoms with E-state index in [2.05, 4.69) is 308 Å². The fraction of sp³-hybridized carbons (Fsp3) is 0.131. The summed E-state index contributed by atoms with van der Waals surface area (Å²) in [5.41, 5.74) is 22.1. The highest BCUT2D eigenvalue weighted by molar-refractivity contribution is 5.84. The number of unbranched alkanes of at least 4 members (excludes halogenated alkanes) is 1. The molecule has 0 bridgehead atoms. The fourth-order valence-corrected chi connectivity index (χ4v) is 11.5. The van der Waals surface area contributed by atoms with Crippen LogP contribution in [-0.2, 0) is 14.2 Å². The van der Waals surface area contributed by atoms with Gasteiger partial charge in [0.25, 0.3) is 0 Å². The quantitative estimate of drug-likeness (QED) is 0.0441. The second kappa shape index (κ2) is 29.1. The maximum atomic E-state index is 12.1. The number of nitrogens with zero attached hydrogens (tertiary/aromatic N) is 2. The van der Waals surface area contributed by atoms with Crippen molar-refractivity contribution in [3.63, 3.8) is 0 Å². The number of carbonyl (C=O) groups excluding carboxylic acids is 1. The van der Waals surface area contributed by atoms with Crippen LogP contribution in [0.25, 0.3) is 77.9 Å². The van der Waals surface area contributed by atoms with Crippen LogP contribution in [0.2, 0.25) is 0 Å². The minimum Gasteiger partial charge on any atom is -0.491 e. The van der Waals surface area contributed by atoms with Crippen molar-refractivity contribution in [2.75, 3.05) is 36.2 Å². The first-order valence-electron chi connectivity index (χ1n) is 31.5. The highest BCUT2D eigenvalue weighted by Crippen LogP contribution is 2.41. The average Bonchev–Trinajstić information content (AvgIpc) is 1.95. The van der Waals surface area contributed by atoms with E-state index in [1.54, 1.807) is 0 Å². The second-order valence-corrected chi connectivity index (χ2v) is 23.3. The Kier molecular flexibility index (Phi) is 19.3. The molecule has 450 valence electrons. The molecule has 91 heavy (non-hydrogen) atoms. The van der Waals surface area contributed by atoms with Gasteiger partial charge in [0.1, 0.15) is 24.6 Å². The maximum absolute atomic E-state index is 12.1. The van der Waals surface area contributed by atoms with E-state index in [9.17, 15) is 4.79 Å². The van der Waals surface area contributed by atoms with Crippen molar-refractivity contribution in [1.29, 1.82) is 0 Å². The summed E-state index contributed by atoms with van der Waals surface area (Å²) in [4.78, 5) is 16.8. The molecule has 0 N–H and O–H groups in total. The van der Waals surface area contributed by atoms with E-state index < -0.39 is 11.8 Å². The van der Waals surface area contributed by atoms with Crippen LogP contribution in [0, 0.1) is 0 Å². The van der Waals surface area contributed by atoms with E-state index in [4.69, 9.17) is 18.9 Å². The largest absolute Gasteiger partial charge is 0.508 e. The van der Waals surface area contributed by atoms with Gasteiger partial charge in [0, 0.05) is 34.1 Å². The zero-order valence-electron chi connectivity index (χ0n) is 51.8. The van der Waals surface area contributed by atoms with Gasteiger partial charge in [-0.2, -0.15) is 0 Å². The van der Waals surface area contributed by atoms with Gasteiger partial charge in [-0.15, -0.1) is 0 Å². The SMILES string of the molecule is CCCCC(C)(C)OC(=O)OCCOCCOc1ccc(-c2ccc(N(c3ccc(-c4ccccc4)cc3)c3ccc(-c4ccc(-c5ccc(-c6ccc(N(c7ccc(-c8ccccc8)cc7)c7ccc(-c8ccccc8)cc7)cc6)cc5)cc4)cc3)cc2)cc1. The number of carbonyl (C=O) groups is 1. The van der Waals surface area contributed by atoms with E-state index in [0.717, 1.165) is 109 Å². The van der Waals surface area contributed by atoms with Crippen LogP contribution < -0.4 is 14.5 Å². The molecule has 0 aliphatic rings. The zero-order chi connectivity index (χ0) is 62.2. The Hall–Kier alpha value is -10.7. The van der Waals surface area contributed by atoms with Crippen LogP contribution in [-0.4, -0.2) is 38.2 Å². The number of anilines is 6. The molecule has 7 nitrogen and oxygen atoms in total. The summed E-state index contributed by atoms with van der Waals surface area (Å²) in [6, 6.07) is 110. The first-order chi connectivity index (χ1) is 44.7. The standard InChI is InChI=1S/C84H74N2O5/c1-4-5-57-84(2,3)91-83(87)90-61-59-88-58-60-89-82-55-41-75(42-56-82)74-39-53-81(54-40-74)86(78-47-33-71(34-48-78)64-19-13-8-14-20-64)80-51-37-73(38-52-80)68-27-23-66(24-28-68)65-21-25-67(26-22-65)72-35-49-79(50-36-72)85(76-43-29-69(30-44-76)62-15-9-6-10-16-62)77-45-31-70(32-46-77)63-17-11-7-12-18-63/h6-56H,4-5,57-61H2,1-3H3. The number of rotatable bonds is 24. The lowest BCUT2D eigenvalue weighted by molar-refractivity contribution is -0.0315. The van der Waals surface area contributed by atoms with Crippen molar-refractivity contribution in [3.8, 4) is 83.6 Å². The number of hydrogen-bond acceptors (Lipinski definition) is 7. The lowest BCUT2D eigenvalue weighted by Gasteiger charge is -2.26. The van der Waals surface area contributed by atoms with Gasteiger partial charge in [-0.3, -0.25) is 0 Å². The molecule has 0 aliphatic carbocycles. The van der Waals surface area contributed by atoms with E-state index in [0.29, 0.717) is 13.2 Å². The molecule has 0 fully saturated rings. The third-order valence-corrected chi connectivity index (χ3v) is 16.5. The van der Waals surface area contributed by atoms with Crippen molar-refractivity contribution in [2.24, 2.45) is 0 Å². The first kappa shape index (κ1) is 60.6. The van der Waals surface area contributed by atoms with Gasteiger partial charge in [0.05, 0.1) is 13.2 Å². The van der Waals surface area contributed by atoms with Gasteiger partial charge in [0.15, 0.2) is 0 Å². The first-order valence-corrected chi connectivity index (χ1v) is 31.5. The summed E-state index contributed by atoms with van der Waals surface area (Å²) in [5.74, 6) is 0.750. The molecule has 0 unspecified atom stereocenters. The Labute approximate surface area is 536 Å². The number of benzene rings is 12. The summed E-state index contributed by atoms with van der Waals surface area (Å²) in [6.07, 6.45) is 2.15. The monoisotopic (exact) mass is 1190 g/mol. The molecule has 0 heterocycles. The predicted octanol–water partition coefficient (Wildman–Crippen LogP) is 22.8. The molecule has 0 radical (unpaired) electrons.